The molecule has 0 spiro atoms. The van der Waals surface area contributed by atoms with E-state index in [0.29, 0.717) is 11.5 Å². The van der Waals surface area contributed by atoms with Crippen LogP contribution in [0.4, 0.5) is 0 Å². The van der Waals surface area contributed by atoms with Crippen molar-refractivity contribution in [2.75, 3.05) is 0 Å². The summed E-state index contributed by atoms with van der Waals surface area (Å²) in [6.07, 6.45) is 15.3. The van der Waals surface area contributed by atoms with Crippen molar-refractivity contribution in [3.05, 3.63) is 99.6 Å². The van der Waals surface area contributed by atoms with E-state index in [-0.39, 0.29) is 23.0 Å². The van der Waals surface area contributed by atoms with E-state index >= 15 is 0 Å². The van der Waals surface area contributed by atoms with Gasteiger partial charge in [0.2, 0.25) is 5.91 Å². The third kappa shape index (κ3) is 6.68. The Bertz CT molecular complexity index is 850. The Hall–Kier alpha value is -1.85. The van der Waals surface area contributed by atoms with Gasteiger partial charge in [-0.15, -0.1) is 0 Å². The third-order valence-electron chi connectivity index (χ3n) is 5.65. The van der Waals surface area contributed by atoms with E-state index < -0.39 is 35.2 Å². The molecule has 0 unspecified atom stereocenters. The van der Waals surface area contributed by atoms with Gasteiger partial charge < -0.3 is 9.47 Å². The van der Waals surface area contributed by atoms with Crippen molar-refractivity contribution in [1.29, 1.82) is 0 Å². The van der Waals surface area contributed by atoms with Crippen molar-refractivity contribution in [3.63, 3.8) is 0 Å². The molecule has 6 nitrogen and oxygen atoms in total. The van der Waals surface area contributed by atoms with Crippen LogP contribution in [0.3, 0.4) is 0 Å². The predicted molar refractivity (Wildman–Crippen MR) is 127 cm³/mol. The van der Waals surface area contributed by atoms with E-state index in [4.69, 9.17) is 9.47 Å². The van der Waals surface area contributed by atoms with Crippen LogP contribution in [0.15, 0.2) is 30.3 Å². The van der Waals surface area contributed by atoms with E-state index in [1.165, 1.54) is 11.8 Å². The van der Waals surface area contributed by atoms with Crippen molar-refractivity contribution in [3.8, 4) is 0 Å². The minimum Gasteiger partial charge on any atom is -0.454 e. The number of ether oxygens (including phenoxy) is 2. The number of hydrogen-bond donors (Lipinski definition) is 0. The first-order valence-corrected chi connectivity index (χ1v) is 11.2. The maximum atomic E-state index is 13.5. The Morgan fingerprint density at radius 1 is 0.971 bits per heavy atom. The van der Waals surface area contributed by atoms with Gasteiger partial charge in [-0.05, 0) is 70.3 Å². The number of cyclic esters (lactones) is 1. The first kappa shape index (κ1) is 29.4. The number of carbonyl (C=O) groups excluding carboxylic acids is 3. The molecule has 1 aliphatic heterocycles. The van der Waals surface area contributed by atoms with Gasteiger partial charge in [0, 0.05) is 18.3 Å². The zero-order chi connectivity index (χ0) is 24.9. The summed E-state index contributed by atoms with van der Waals surface area (Å²) < 4.78 is 11.3. The molecule has 2 aliphatic carbocycles. The SMILES string of the molecule is CC(=O)O[C@H](c1ccccc1)[C@]1(C)C(=O)O[C@@H]([C]2[CH][CH][CH][CH]2)N1C(=O)C(C)(C)C.[CH]1[CH][CH][CH][CH]1.[Fe+2]. The Kier molecular flexibility index (Phi) is 10.4. The predicted octanol–water partition coefficient (Wildman–Crippen LogP) is 4.23. The molecule has 10 radical (unpaired) electrons. The number of rotatable bonds is 4. The van der Waals surface area contributed by atoms with Gasteiger partial charge in [-0.2, -0.15) is 0 Å². The molecule has 3 fully saturated rings. The fourth-order valence-corrected chi connectivity index (χ4v) is 3.92. The van der Waals surface area contributed by atoms with Crippen LogP contribution in [0.1, 0.15) is 46.3 Å². The molecule has 3 atom stereocenters. The first-order valence-electron chi connectivity index (χ1n) is 11.2. The number of amides is 1. The molecule has 1 aromatic rings. The Morgan fingerprint density at radius 3 is 1.94 bits per heavy atom. The van der Waals surface area contributed by atoms with Crippen molar-refractivity contribution >= 4 is 17.8 Å². The standard InChI is InChI=1S/C23H26NO5.C5H5.Fe/c1-15(25)28-18(16-11-7-6-8-12-16)23(5)21(27)29-19(17-13-9-10-14-17)24(23)20(26)22(2,3)4;1-2-4-5-3-1;/h6-14,18-19H,1-5H3;1-5H;/q;;+2/t18-,19+,23-;;/m1../s1. The number of benzene rings is 1. The van der Waals surface area contributed by atoms with Gasteiger partial charge in [0.05, 0.1) is 0 Å². The smallest absolute Gasteiger partial charge is 0.454 e. The Morgan fingerprint density at radius 2 is 1.49 bits per heavy atom. The molecule has 1 heterocycles. The van der Waals surface area contributed by atoms with Crippen molar-refractivity contribution in [2.45, 2.75) is 52.5 Å². The fourth-order valence-electron chi connectivity index (χ4n) is 3.92. The van der Waals surface area contributed by atoms with Gasteiger partial charge in [0.25, 0.3) is 0 Å². The number of carbonyl (C=O) groups is 3. The summed E-state index contributed by atoms with van der Waals surface area (Å²) in [4.78, 5) is 40.1. The molecule has 0 bridgehead atoms. The fraction of sp³-hybridized carbons (Fsp3) is 0.321. The zero-order valence-electron chi connectivity index (χ0n) is 20.6. The molecule has 35 heavy (non-hydrogen) atoms. The van der Waals surface area contributed by atoms with Crippen molar-refractivity contribution in [2.24, 2.45) is 5.41 Å². The van der Waals surface area contributed by atoms with Crippen LogP contribution in [0.25, 0.3) is 0 Å². The topological polar surface area (TPSA) is 72.9 Å². The van der Waals surface area contributed by atoms with Gasteiger partial charge in [-0.1, -0.05) is 51.1 Å². The van der Waals surface area contributed by atoms with Crippen LogP contribution < -0.4 is 0 Å². The average molecular weight is 517 g/mol. The Balaban J connectivity index is 0.000000640. The van der Waals surface area contributed by atoms with Crippen LogP contribution in [-0.2, 0) is 40.9 Å². The summed E-state index contributed by atoms with van der Waals surface area (Å²) in [5.74, 6) is -0.747. The van der Waals surface area contributed by atoms with Crippen molar-refractivity contribution < 1.29 is 40.9 Å². The summed E-state index contributed by atoms with van der Waals surface area (Å²) in [6, 6.07) is 8.94. The summed E-state index contributed by atoms with van der Waals surface area (Å²) in [7, 11) is 0. The maximum Gasteiger partial charge on any atom is 2.00 e. The molecule has 1 amide bonds. The number of hydrogen-bond acceptors (Lipinski definition) is 5. The third-order valence-corrected chi connectivity index (χ3v) is 5.65. The van der Waals surface area contributed by atoms with E-state index in [1.807, 2.05) is 51.0 Å². The molecule has 184 valence electrons. The van der Waals surface area contributed by atoms with E-state index in [9.17, 15) is 14.4 Å². The molecule has 1 saturated heterocycles. The van der Waals surface area contributed by atoms with Crippen LogP contribution in [0.2, 0.25) is 0 Å². The summed E-state index contributed by atoms with van der Waals surface area (Å²) >= 11 is 0. The summed E-state index contributed by atoms with van der Waals surface area (Å²) in [5.41, 5.74) is -1.70. The quantitative estimate of drug-likeness (QED) is 0.442. The minimum atomic E-state index is -1.53. The second kappa shape index (κ2) is 12.4. The Labute approximate surface area is 221 Å². The largest absolute Gasteiger partial charge is 2.00 e. The molecular weight excluding hydrogens is 486 g/mol. The van der Waals surface area contributed by atoms with E-state index in [0.717, 1.165) is 0 Å². The molecule has 2 saturated carbocycles. The average Bonchev–Trinajstić information content (AvgIpc) is 3.56. The molecule has 7 heteroatoms. The zero-order valence-corrected chi connectivity index (χ0v) is 21.7. The molecule has 4 rings (SSSR count). The second-order valence-corrected chi connectivity index (χ2v) is 9.41. The van der Waals surface area contributed by atoms with Gasteiger partial charge in [0.1, 0.15) is 0 Å². The molecular formula is C28H31FeNO5+2. The van der Waals surface area contributed by atoms with Gasteiger partial charge in [-0.3, -0.25) is 14.5 Å². The van der Waals surface area contributed by atoms with E-state index in [2.05, 4.69) is 0 Å². The first-order chi connectivity index (χ1) is 16.1. The minimum absolute atomic E-state index is 0. The van der Waals surface area contributed by atoms with Crippen molar-refractivity contribution in [1.82, 2.24) is 4.90 Å². The van der Waals surface area contributed by atoms with Gasteiger partial charge in [0.15, 0.2) is 17.9 Å². The van der Waals surface area contributed by atoms with Crippen LogP contribution in [0.5, 0.6) is 0 Å². The molecule has 0 N–H and O–H groups in total. The molecule has 1 aromatic carbocycles. The van der Waals surface area contributed by atoms with Crippen LogP contribution in [0, 0.1) is 69.1 Å². The molecule has 3 aliphatic rings. The maximum absolute atomic E-state index is 13.5. The van der Waals surface area contributed by atoms with Gasteiger partial charge >= 0.3 is 29.0 Å². The monoisotopic (exact) mass is 517 g/mol. The summed E-state index contributed by atoms with van der Waals surface area (Å²) in [6.45, 7) is 8.23. The van der Waals surface area contributed by atoms with Crippen LogP contribution >= 0.6 is 0 Å². The molecule has 0 aromatic heterocycles. The summed E-state index contributed by atoms with van der Waals surface area (Å²) in [5, 5.41) is 0. The van der Waals surface area contributed by atoms with E-state index in [1.54, 1.807) is 64.8 Å². The van der Waals surface area contributed by atoms with Gasteiger partial charge in [-0.25, -0.2) is 4.79 Å². The van der Waals surface area contributed by atoms with Crippen LogP contribution in [-0.4, -0.2) is 34.5 Å². The number of esters is 2. The second-order valence-electron chi connectivity index (χ2n) is 9.41. The number of nitrogens with zero attached hydrogens (tertiary/aromatic N) is 1. The normalized spacial score (nSPS) is 25.2.